The van der Waals surface area contributed by atoms with Crippen molar-refractivity contribution in [1.29, 1.82) is 0 Å². The normalized spacial score (nSPS) is 17.9. The Morgan fingerprint density at radius 1 is 1.55 bits per heavy atom. The fourth-order valence-electron chi connectivity index (χ4n) is 2.29. The van der Waals surface area contributed by atoms with E-state index in [-0.39, 0.29) is 11.6 Å². The third-order valence-corrected chi connectivity index (χ3v) is 3.29. The highest BCUT2D eigenvalue weighted by molar-refractivity contribution is 5.94. The maximum atomic E-state index is 11.2. The fourth-order valence-corrected chi connectivity index (χ4v) is 2.29. The Bertz CT molecular complexity index is 532. The molecule has 2 heterocycles. The molecule has 1 fully saturated rings. The molecule has 1 atom stereocenters. The summed E-state index contributed by atoms with van der Waals surface area (Å²) < 4.78 is 4.56. The lowest BCUT2D eigenvalue weighted by atomic mass is 10.2. The van der Waals surface area contributed by atoms with Crippen LogP contribution in [0.5, 0.6) is 0 Å². The average Bonchev–Trinajstić information content (AvgIpc) is 2.86. The summed E-state index contributed by atoms with van der Waals surface area (Å²) in [5, 5.41) is 11.9. The average molecular weight is 279 g/mol. The lowest BCUT2D eigenvalue weighted by molar-refractivity contribution is 0.0697. The van der Waals surface area contributed by atoms with E-state index in [4.69, 9.17) is 0 Å². The number of aromatic nitrogens is 1. The Kier molecular flexibility index (Phi) is 4.07. The number of hydrogen-bond acceptors (Lipinski definition) is 5. The van der Waals surface area contributed by atoms with Crippen LogP contribution in [0.2, 0.25) is 0 Å². The van der Waals surface area contributed by atoms with Gasteiger partial charge in [-0.2, -0.15) is 0 Å². The Morgan fingerprint density at radius 2 is 2.30 bits per heavy atom. The number of amides is 1. The summed E-state index contributed by atoms with van der Waals surface area (Å²) in [5.41, 5.74) is 1.57. The summed E-state index contributed by atoms with van der Waals surface area (Å²) in [6.07, 6.45) is 1.64. The topological polar surface area (TPSA) is 91.8 Å². The van der Waals surface area contributed by atoms with Crippen LogP contribution in [0.1, 0.15) is 22.5 Å². The Morgan fingerprint density at radius 3 is 2.95 bits per heavy atom. The van der Waals surface area contributed by atoms with Crippen LogP contribution in [0.15, 0.2) is 12.3 Å². The van der Waals surface area contributed by atoms with Gasteiger partial charge in [0, 0.05) is 25.0 Å². The molecule has 2 N–H and O–H groups in total. The van der Waals surface area contributed by atoms with Crippen LogP contribution in [-0.2, 0) is 4.74 Å². The minimum absolute atomic E-state index is 0.0439. The number of carbonyl (C=O) groups excluding carboxylic acids is 1. The number of hydrogen-bond donors (Lipinski definition) is 2. The molecule has 20 heavy (non-hydrogen) atoms. The van der Waals surface area contributed by atoms with Gasteiger partial charge in [-0.25, -0.2) is 9.59 Å². The van der Waals surface area contributed by atoms with Gasteiger partial charge in [-0.3, -0.25) is 4.98 Å². The number of anilines is 1. The number of aromatic carboxylic acids is 1. The van der Waals surface area contributed by atoms with Gasteiger partial charge in [0.25, 0.3) is 0 Å². The largest absolute Gasteiger partial charge is 0.478 e. The van der Waals surface area contributed by atoms with E-state index in [9.17, 15) is 14.7 Å². The molecule has 1 aromatic rings. The van der Waals surface area contributed by atoms with Crippen molar-refractivity contribution >= 4 is 17.7 Å². The van der Waals surface area contributed by atoms with Gasteiger partial charge >= 0.3 is 12.1 Å². The number of methoxy groups -OCH3 is 1. The van der Waals surface area contributed by atoms with E-state index in [1.807, 2.05) is 11.8 Å². The van der Waals surface area contributed by atoms with Crippen LogP contribution < -0.4 is 10.2 Å². The number of nitrogens with one attached hydrogen (secondary N) is 1. The van der Waals surface area contributed by atoms with Crippen molar-refractivity contribution in [2.45, 2.75) is 19.4 Å². The van der Waals surface area contributed by atoms with Crippen molar-refractivity contribution in [2.75, 3.05) is 25.1 Å². The fraction of sp³-hybridized carbons (Fsp3) is 0.462. The second-order valence-electron chi connectivity index (χ2n) is 4.72. The zero-order chi connectivity index (χ0) is 14.7. The van der Waals surface area contributed by atoms with Crippen molar-refractivity contribution in [3.63, 3.8) is 0 Å². The van der Waals surface area contributed by atoms with Crippen molar-refractivity contribution in [3.05, 3.63) is 23.5 Å². The molecule has 1 aromatic heterocycles. The molecule has 0 spiro atoms. The highest BCUT2D eigenvalue weighted by Crippen LogP contribution is 2.25. The number of ether oxygens (including phenoxy) is 1. The van der Waals surface area contributed by atoms with Gasteiger partial charge in [-0.15, -0.1) is 0 Å². The van der Waals surface area contributed by atoms with Gasteiger partial charge in [0.05, 0.1) is 18.8 Å². The molecule has 7 nitrogen and oxygen atoms in total. The zero-order valence-electron chi connectivity index (χ0n) is 11.4. The molecule has 0 radical (unpaired) electrons. The number of carbonyl (C=O) groups is 2. The van der Waals surface area contributed by atoms with E-state index in [2.05, 4.69) is 15.0 Å². The van der Waals surface area contributed by atoms with Gasteiger partial charge < -0.3 is 20.1 Å². The number of carboxylic acids is 1. The van der Waals surface area contributed by atoms with Crippen LogP contribution in [0.3, 0.4) is 0 Å². The quantitative estimate of drug-likeness (QED) is 0.858. The second-order valence-corrected chi connectivity index (χ2v) is 4.72. The third kappa shape index (κ3) is 2.98. The lowest BCUT2D eigenvalue weighted by Crippen LogP contribution is -2.37. The first-order chi connectivity index (χ1) is 9.51. The van der Waals surface area contributed by atoms with E-state index in [1.54, 1.807) is 6.07 Å². The van der Waals surface area contributed by atoms with Crippen molar-refractivity contribution < 1.29 is 19.4 Å². The Labute approximate surface area is 116 Å². The summed E-state index contributed by atoms with van der Waals surface area (Å²) >= 11 is 0. The molecule has 2 rings (SSSR count). The van der Waals surface area contributed by atoms with E-state index in [1.165, 1.54) is 13.3 Å². The Balaban J connectivity index is 2.15. The number of rotatable bonds is 3. The highest BCUT2D eigenvalue weighted by Gasteiger charge is 2.27. The molecule has 1 saturated heterocycles. The SMILES string of the molecule is COC(=O)NC1CCN(c2cc(C)ncc2C(=O)O)C1. The molecule has 0 aliphatic carbocycles. The standard InChI is InChI=1S/C13H17N3O4/c1-8-5-11(10(6-14-8)12(17)18)16-4-3-9(7-16)15-13(19)20-2/h5-6,9H,3-4,7H2,1-2H3,(H,15,19)(H,17,18). The van der Waals surface area contributed by atoms with Crippen LogP contribution >= 0.6 is 0 Å². The van der Waals surface area contributed by atoms with E-state index < -0.39 is 12.1 Å². The maximum Gasteiger partial charge on any atom is 0.407 e. The summed E-state index contributed by atoms with van der Waals surface area (Å²) in [7, 11) is 1.32. The summed E-state index contributed by atoms with van der Waals surface area (Å²) in [5.74, 6) is -1.00. The first-order valence-electron chi connectivity index (χ1n) is 6.30. The molecule has 7 heteroatoms. The summed E-state index contributed by atoms with van der Waals surface area (Å²) in [6, 6.07) is 1.71. The molecular formula is C13H17N3O4. The monoisotopic (exact) mass is 279 g/mol. The van der Waals surface area contributed by atoms with Crippen LogP contribution in [0, 0.1) is 6.92 Å². The number of aryl methyl sites for hydroxylation is 1. The molecule has 1 aliphatic rings. The molecule has 0 aromatic carbocycles. The van der Waals surface area contributed by atoms with Crippen LogP contribution in [-0.4, -0.2) is 48.4 Å². The first-order valence-corrected chi connectivity index (χ1v) is 6.30. The third-order valence-electron chi connectivity index (χ3n) is 3.29. The molecular weight excluding hydrogens is 262 g/mol. The minimum Gasteiger partial charge on any atom is -0.478 e. The zero-order valence-corrected chi connectivity index (χ0v) is 11.4. The highest BCUT2D eigenvalue weighted by atomic mass is 16.5. The molecule has 1 amide bonds. The van der Waals surface area contributed by atoms with Gasteiger partial charge in [-0.1, -0.05) is 0 Å². The van der Waals surface area contributed by atoms with E-state index >= 15 is 0 Å². The Hall–Kier alpha value is -2.31. The summed E-state index contributed by atoms with van der Waals surface area (Å²) in [4.78, 5) is 28.4. The summed E-state index contributed by atoms with van der Waals surface area (Å²) in [6.45, 7) is 3.05. The lowest BCUT2D eigenvalue weighted by Gasteiger charge is -2.21. The molecule has 1 aliphatic heterocycles. The van der Waals surface area contributed by atoms with Crippen LogP contribution in [0.25, 0.3) is 0 Å². The van der Waals surface area contributed by atoms with Crippen molar-refractivity contribution in [3.8, 4) is 0 Å². The van der Waals surface area contributed by atoms with Crippen LogP contribution in [0.4, 0.5) is 10.5 Å². The van der Waals surface area contributed by atoms with E-state index in [0.717, 1.165) is 12.1 Å². The molecule has 0 bridgehead atoms. The molecule has 1 unspecified atom stereocenters. The molecule has 108 valence electrons. The number of nitrogens with zero attached hydrogens (tertiary/aromatic N) is 2. The van der Waals surface area contributed by atoms with Gasteiger partial charge in [0.2, 0.25) is 0 Å². The second kappa shape index (κ2) is 5.77. The number of pyridine rings is 1. The maximum absolute atomic E-state index is 11.2. The smallest absolute Gasteiger partial charge is 0.407 e. The number of alkyl carbamates (subject to hydrolysis) is 1. The van der Waals surface area contributed by atoms with Gasteiger partial charge in [-0.05, 0) is 19.4 Å². The molecule has 0 saturated carbocycles. The predicted molar refractivity (Wildman–Crippen MR) is 72.1 cm³/mol. The number of carboxylic acid groups (broad SMARTS) is 1. The van der Waals surface area contributed by atoms with Gasteiger partial charge in [0.1, 0.15) is 5.56 Å². The predicted octanol–water partition coefficient (Wildman–Crippen LogP) is 1.02. The first kappa shape index (κ1) is 14.1. The van der Waals surface area contributed by atoms with Gasteiger partial charge in [0.15, 0.2) is 0 Å². The van der Waals surface area contributed by atoms with Crippen molar-refractivity contribution in [2.24, 2.45) is 0 Å². The minimum atomic E-state index is -1.00. The van der Waals surface area contributed by atoms with Crippen molar-refractivity contribution in [1.82, 2.24) is 10.3 Å². The van der Waals surface area contributed by atoms with E-state index in [0.29, 0.717) is 18.8 Å².